The SMILES string of the molecule is Cc1ccc(CNC(=O)C(C)Nc2ccc(C)c(C)c2)cc1. The van der Waals surface area contributed by atoms with Crippen LogP contribution in [-0.4, -0.2) is 11.9 Å². The molecule has 0 saturated carbocycles. The molecule has 0 radical (unpaired) electrons. The minimum atomic E-state index is -0.271. The highest BCUT2D eigenvalue weighted by molar-refractivity contribution is 5.84. The number of hydrogen-bond donors (Lipinski definition) is 2. The maximum atomic E-state index is 12.2. The summed E-state index contributed by atoms with van der Waals surface area (Å²) in [5, 5.41) is 6.21. The van der Waals surface area contributed by atoms with Crippen molar-refractivity contribution in [3.8, 4) is 0 Å². The summed E-state index contributed by atoms with van der Waals surface area (Å²) in [5.41, 5.74) is 5.78. The van der Waals surface area contributed by atoms with Crippen LogP contribution < -0.4 is 10.6 Å². The second-order valence-corrected chi connectivity index (χ2v) is 5.87. The lowest BCUT2D eigenvalue weighted by Gasteiger charge is -2.16. The van der Waals surface area contributed by atoms with Gasteiger partial charge in [-0.05, 0) is 56.5 Å². The first-order valence-corrected chi connectivity index (χ1v) is 7.63. The van der Waals surface area contributed by atoms with Crippen LogP contribution >= 0.6 is 0 Å². The van der Waals surface area contributed by atoms with Crippen molar-refractivity contribution in [2.24, 2.45) is 0 Å². The van der Waals surface area contributed by atoms with Gasteiger partial charge < -0.3 is 10.6 Å². The summed E-state index contributed by atoms with van der Waals surface area (Å²) < 4.78 is 0. The number of anilines is 1. The van der Waals surface area contributed by atoms with Gasteiger partial charge >= 0.3 is 0 Å². The summed E-state index contributed by atoms with van der Waals surface area (Å²) in [6.07, 6.45) is 0. The van der Waals surface area contributed by atoms with Crippen molar-refractivity contribution in [2.75, 3.05) is 5.32 Å². The molecule has 2 aromatic carbocycles. The van der Waals surface area contributed by atoms with E-state index in [0.29, 0.717) is 6.54 Å². The van der Waals surface area contributed by atoms with Gasteiger partial charge in [0, 0.05) is 12.2 Å². The van der Waals surface area contributed by atoms with E-state index in [2.05, 4.69) is 55.7 Å². The molecule has 3 heteroatoms. The van der Waals surface area contributed by atoms with Crippen LogP contribution in [0.5, 0.6) is 0 Å². The third-order valence-electron chi connectivity index (χ3n) is 3.87. The zero-order valence-electron chi connectivity index (χ0n) is 13.7. The average molecular weight is 296 g/mol. The number of carbonyl (C=O) groups excluding carboxylic acids is 1. The summed E-state index contributed by atoms with van der Waals surface area (Å²) in [5.74, 6) is -0.00111. The van der Waals surface area contributed by atoms with Gasteiger partial charge in [0.1, 0.15) is 6.04 Å². The van der Waals surface area contributed by atoms with Gasteiger partial charge in [-0.2, -0.15) is 0 Å². The highest BCUT2D eigenvalue weighted by Crippen LogP contribution is 2.15. The van der Waals surface area contributed by atoms with Gasteiger partial charge in [-0.3, -0.25) is 4.79 Å². The molecule has 1 unspecified atom stereocenters. The van der Waals surface area contributed by atoms with Gasteiger partial charge in [0.2, 0.25) is 5.91 Å². The fourth-order valence-corrected chi connectivity index (χ4v) is 2.19. The molecule has 0 fully saturated rings. The van der Waals surface area contributed by atoms with Crippen LogP contribution in [0.1, 0.15) is 29.2 Å². The van der Waals surface area contributed by atoms with Gasteiger partial charge in [0.05, 0.1) is 0 Å². The molecule has 0 heterocycles. The van der Waals surface area contributed by atoms with Crippen LogP contribution in [0.15, 0.2) is 42.5 Å². The number of nitrogens with one attached hydrogen (secondary N) is 2. The molecule has 0 aromatic heterocycles. The first-order valence-electron chi connectivity index (χ1n) is 7.63. The second kappa shape index (κ2) is 7.12. The Kier molecular flexibility index (Phi) is 5.21. The van der Waals surface area contributed by atoms with Crippen molar-refractivity contribution < 1.29 is 4.79 Å². The van der Waals surface area contributed by atoms with Crippen LogP contribution in [0.2, 0.25) is 0 Å². The number of amides is 1. The quantitative estimate of drug-likeness (QED) is 0.882. The largest absolute Gasteiger partial charge is 0.374 e. The van der Waals surface area contributed by atoms with Crippen LogP contribution in [0.3, 0.4) is 0 Å². The first-order chi connectivity index (χ1) is 10.5. The Bertz CT molecular complexity index is 647. The van der Waals surface area contributed by atoms with Gasteiger partial charge in [0.15, 0.2) is 0 Å². The van der Waals surface area contributed by atoms with E-state index in [0.717, 1.165) is 11.3 Å². The Morgan fingerprint density at radius 3 is 2.32 bits per heavy atom. The molecule has 0 aliphatic carbocycles. The van der Waals surface area contributed by atoms with Crippen LogP contribution in [0.25, 0.3) is 0 Å². The Balaban J connectivity index is 1.88. The van der Waals surface area contributed by atoms with E-state index in [-0.39, 0.29) is 11.9 Å². The zero-order valence-corrected chi connectivity index (χ0v) is 13.7. The molecule has 1 atom stereocenters. The third-order valence-corrected chi connectivity index (χ3v) is 3.87. The normalized spacial score (nSPS) is 11.8. The summed E-state index contributed by atoms with van der Waals surface area (Å²) >= 11 is 0. The molecule has 0 saturated heterocycles. The topological polar surface area (TPSA) is 41.1 Å². The maximum absolute atomic E-state index is 12.2. The lowest BCUT2D eigenvalue weighted by atomic mass is 10.1. The Morgan fingerprint density at radius 1 is 1.00 bits per heavy atom. The number of rotatable bonds is 5. The summed E-state index contributed by atoms with van der Waals surface area (Å²) in [4.78, 5) is 12.2. The predicted molar refractivity (Wildman–Crippen MR) is 92.0 cm³/mol. The van der Waals surface area contributed by atoms with Crippen LogP contribution in [-0.2, 0) is 11.3 Å². The second-order valence-electron chi connectivity index (χ2n) is 5.87. The van der Waals surface area contributed by atoms with Gasteiger partial charge in [-0.15, -0.1) is 0 Å². The number of hydrogen-bond acceptors (Lipinski definition) is 2. The third kappa shape index (κ3) is 4.35. The molecule has 2 N–H and O–H groups in total. The molecule has 22 heavy (non-hydrogen) atoms. The maximum Gasteiger partial charge on any atom is 0.242 e. The van der Waals surface area contributed by atoms with Gasteiger partial charge in [0.25, 0.3) is 0 Å². The monoisotopic (exact) mass is 296 g/mol. The highest BCUT2D eigenvalue weighted by atomic mass is 16.2. The molecule has 0 bridgehead atoms. The number of carbonyl (C=O) groups is 1. The molecule has 0 aliphatic rings. The van der Waals surface area contributed by atoms with E-state index in [1.165, 1.54) is 16.7 Å². The van der Waals surface area contributed by atoms with Crippen molar-refractivity contribution in [2.45, 2.75) is 40.3 Å². The van der Waals surface area contributed by atoms with Crippen molar-refractivity contribution in [3.63, 3.8) is 0 Å². The molecular weight excluding hydrogens is 272 g/mol. The molecular formula is C19H24N2O. The predicted octanol–water partition coefficient (Wildman–Crippen LogP) is 3.73. The fourth-order valence-electron chi connectivity index (χ4n) is 2.19. The summed E-state index contributed by atoms with van der Waals surface area (Å²) in [7, 11) is 0. The zero-order chi connectivity index (χ0) is 16.1. The summed E-state index contributed by atoms with van der Waals surface area (Å²) in [6.45, 7) is 8.63. The van der Waals surface area contributed by atoms with E-state index in [1.807, 2.05) is 25.1 Å². The fraction of sp³-hybridized carbons (Fsp3) is 0.316. The van der Waals surface area contributed by atoms with E-state index in [1.54, 1.807) is 0 Å². The van der Waals surface area contributed by atoms with E-state index in [9.17, 15) is 4.79 Å². The molecule has 0 aliphatic heterocycles. The molecule has 2 aromatic rings. The van der Waals surface area contributed by atoms with E-state index in [4.69, 9.17) is 0 Å². The van der Waals surface area contributed by atoms with Crippen LogP contribution in [0.4, 0.5) is 5.69 Å². The standard InChI is InChI=1S/C19H24N2O/c1-13-5-8-17(9-6-13)12-20-19(22)16(4)21-18-10-7-14(2)15(3)11-18/h5-11,16,21H,12H2,1-4H3,(H,20,22). The molecule has 0 spiro atoms. The molecule has 2 rings (SSSR count). The lowest BCUT2D eigenvalue weighted by Crippen LogP contribution is -2.37. The van der Waals surface area contributed by atoms with Gasteiger partial charge in [-0.25, -0.2) is 0 Å². The Hall–Kier alpha value is -2.29. The van der Waals surface area contributed by atoms with Gasteiger partial charge in [-0.1, -0.05) is 35.9 Å². The van der Waals surface area contributed by atoms with Crippen molar-refractivity contribution in [1.82, 2.24) is 5.32 Å². The van der Waals surface area contributed by atoms with E-state index >= 15 is 0 Å². The number of aryl methyl sites for hydroxylation is 3. The highest BCUT2D eigenvalue weighted by Gasteiger charge is 2.12. The molecule has 116 valence electrons. The number of benzene rings is 2. The van der Waals surface area contributed by atoms with E-state index < -0.39 is 0 Å². The Labute approximate surface area is 132 Å². The first kappa shape index (κ1) is 16.1. The molecule has 3 nitrogen and oxygen atoms in total. The Morgan fingerprint density at radius 2 is 1.68 bits per heavy atom. The van der Waals surface area contributed by atoms with Crippen molar-refractivity contribution in [3.05, 3.63) is 64.7 Å². The lowest BCUT2D eigenvalue weighted by molar-refractivity contribution is -0.121. The minimum absolute atomic E-state index is 0.00111. The average Bonchev–Trinajstić information content (AvgIpc) is 2.50. The summed E-state index contributed by atoms with van der Waals surface area (Å²) in [6, 6.07) is 14.1. The van der Waals surface area contributed by atoms with Crippen LogP contribution in [0, 0.1) is 20.8 Å². The molecule has 1 amide bonds. The smallest absolute Gasteiger partial charge is 0.242 e. The van der Waals surface area contributed by atoms with Crippen molar-refractivity contribution in [1.29, 1.82) is 0 Å². The minimum Gasteiger partial charge on any atom is -0.374 e. The van der Waals surface area contributed by atoms with Crippen molar-refractivity contribution >= 4 is 11.6 Å².